The van der Waals surface area contributed by atoms with Gasteiger partial charge in [0.1, 0.15) is 0 Å². The largest absolute Gasteiger partial charge is 0.457 e. The lowest BCUT2D eigenvalue weighted by molar-refractivity contribution is -0.149. The highest BCUT2D eigenvalue weighted by Crippen LogP contribution is 2.24. The van der Waals surface area contributed by atoms with Crippen molar-refractivity contribution in [3.05, 3.63) is 0 Å². The molecule has 0 spiro atoms. The Morgan fingerprint density at radius 3 is 2.45 bits per heavy atom. The van der Waals surface area contributed by atoms with Gasteiger partial charge in [-0.05, 0) is 12.8 Å². The van der Waals surface area contributed by atoms with Crippen molar-refractivity contribution in [1.29, 1.82) is 0 Å². The molecule has 1 aliphatic heterocycles. The molecule has 6 nitrogen and oxygen atoms in total. The van der Waals surface area contributed by atoms with E-state index in [1.54, 1.807) is 4.90 Å². The highest BCUT2D eigenvalue weighted by atomic mass is 19.3. The first-order valence-corrected chi connectivity index (χ1v) is 5.94. The van der Waals surface area contributed by atoms with Gasteiger partial charge in [0.15, 0.2) is 6.61 Å². The van der Waals surface area contributed by atoms with Gasteiger partial charge in [-0.2, -0.15) is 23.7 Å². The number of ether oxygens (including phenoxy) is 1. The van der Waals surface area contributed by atoms with Crippen molar-refractivity contribution in [1.82, 2.24) is 15.0 Å². The van der Waals surface area contributed by atoms with Gasteiger partial charge in [-0.3, -0.25) is 0 Å². The summed E-state index contributed by atoms with van der Waals surface area (Å²) in [7, 11) is 0. The highest BCUT2D eigenvalue weighted by Gasteiger charge is 2.42. The van der Waals surface area contributed by atoms with Gasteiger partial charge < -0.3 is 15.4 Å². The Morgan fingerprint density at radius 2 is 1.85 bits per heavy atom. The van der Waals surface area contributed by atoms with Crippen LogP contribution in [0.15, 0.2) is 0 Å². The van der Waals surface area contributed by atoms with E-state index in [-0.39, 0.29) is 11.9 Å². The fraction of sp³-hybridized carbons (Fsp3) is 0.700. The maximum absolute atomic E-state index is 12.7. The number of nitrogen functional groups attached to an aromatic ring is 1. The third-order valence-corrected chi connectivity index (χ3v) is 2.72. The minimum absolute atomic E-state index is 0.199. The first-order chi connectivity index (χ1) is 9.38. The number of aromatic nitrogens is 3. The van der Waals surface area contributed by atoms with E-state index in [1.165, 1.54) is 0 Å². The molecule has 1 fully saturated rings. The van der Waals surface area contributed by atoms with E-state index >= 15 is 0 Å². The Bertz CT molecular complexity index is 467. The molecule has 0 radical (unpaired) electrons. The third kappa shape index (κ3) is 3.36. The minimum atomic E-state index is -4.27. The molecule has 1 saturated heterocycles. The second-order valence-electron chi connectivity index (χ2n) is 4.32. The number of hydrogen-bond donors (Lipinski definition) is 1. The third-order valence-electron chi connectivity index (χ3n) is 2.72. The lowest BCUT2D eigenvalue weighted by Gasteiger charge is -2.17. The molecule has 2 N–H and O–H groups in total. The second kappa shape index (κ2) is 5.63. The number of rotatable bonds is 5. The predicted molar refractivity (Wildman–Crippen MR) is 62.1 cm³/mol. The van der Waals surface area contributed by atoms with Crippen LogP contribution in [0.3, 0.4) is 0 Å². The number of nitrogens with two attached hydrogens (primary N) is 1. The summed E-state index contributed by atoms with van der Waals surface area (Å²) in [6.07, 6.45) is -1.92. The molecule has 0 bridgehead atoms. The zero-order valence-electron chi connectivity index (χ0n) is 10.4. The Kier molecular flexibility index (Phi) is 4.09. The van der Waals surface area contributed by atoms with Crippen LogP contribution in [-0.4, -0.2) is 47.0 Å². The Balaban J connectivity index is 2.08. The van der Waals surface area contributed by atoms with Crippen molar-refractivity contribution >= 4 is 11.9 Å². The molecule has 2 heterocycles. The molecule has 2 rings (SSSR count). The van der Waals surface area contributed by atoms with Crippen LogP contribution in [0, 0.1) is 0 Å². The summed E-state index contributed by atoms with van der Waals surface area (Å²) in [5.41, 5.74) is 5.42. The van der Waals surface area contributed by atoms with Gasteiger partial charge in [0.2, 0.25) is 11.9 Å². The fourth-order valence-electron chi connectivity index (χ4n) is 1.71. The molecular formula is C10H13F4N5O. The van der Waals surface area contributed by atoms with Crippen LogP contribution >= 0.6 is 0 Å². The molecule has 1 aromatic rings. The van der Waals surface area contributed by atoms with Crippen molar-refractivity contribution in [2.24, 2.45) is 0 Å². The van der Waals surface area contributed by atoms with Crippen LogP contribution < -0.4 is 15.4 Å². The van der Waals surface area contributed by atoms with Crippen LogP contribution in [0.2, 0.25) is 0 Å². The summed E-state index contributed by atoms with van der Waals surface area (Å²) in [5.74, 6) is -4.28. The van der Waals surface area contributed by atoms with Gasteiger partial charge in [0.05, 0.1) is 0 Å². The number of hydrogen-bond acceptors (Lipinski definition) is 6. The number of halogens is 4. The molecule has 1 aromatic heterocycles. The van der Waals surface area contributed by atoms with E-state index in [4.69, 9.17) is 5.73 Å². The molecule has 1 aliphatic rings. The monoisotopic (exact) mass is 295 g/mol. The quantitative estimate of drug-likeness (QED) is 0.826. The molecule has 0 unspecified atom stereocenters. The van der Waals surface area contributed by atoms with Crippen LogP contribution in [0.4, 0.5) is 29.5 Å². The standard InChI is InChI=1S/C10H13F4N5O/c11-6(12)10(13,14)5-20-9-17-7(15)16-8(18-9)19-3-1-2-4-19/h6H,1-5H2,(H2,15,16,17,18). The minimum Gasteiger partial charge on any atom is -0.457 e. The molecule has 0 saturated carbocycles. The normalized spacial score (nSPS) is 15.9. The molecule has 0 amide bonds. The smallest absolute Gasteiger partial charge is 0.340 e. The van der Waals surface area contributed by atoms with E-state index in [9.17, 15) is 17.6 Å². The molecular weight excluding hydrogens is 282 g/mol. The van der Waals surface area contributed by atoms with E-state index in [0.717, 1.165) is 12.8 Å². The SMILES string of the molecule is Nc1nc(OCC(F)(F)C(F)F)nc(N2CCCC2)n1. The predicted octanol–water partition coefficient (Wildman–Crippen LogP) is 1.33. The average molecular weight is 295 g/mol. The molecule has 112 valence electrons. The van der Waals surface area contributed by atoms with Crippen molar-refractivity contribution in [3.8, 4) is 6.01 Å². The number of alkyl halides is 4. The first-order valence-electron chi connectivity index (χ1n) is 5.94. The van der Waals surface area contributed by atoms with E-state index in [2.05, 4.69) is 19.7 Å². The number of nitrogens with zero attached hydrogens (tertiary/aromatic N) is 4. The van der Waals surface area contributed by atoms with Crippen molar-refractivity contribution in [3.63, 3.8) is 0 Å². The molecule has 0 atom stereocenters. The van der Waals surface area contributed by atoms with Gasteiger partial charge >= 0.3 is 18.4 Å². The van der Waals surface area contributed by atoms with Crippen molar-refractivity contribution in [2.75, 3.05) is 30.3 Å². The molecule has 10 heteroatoms. The van der Waals surface area contributed by atoms with Gasteiger partial charge in [-0.1, -0.05) is 0 Å². The second-order valence-corrected chi connectivity index (χ2v) is 4.32. The number of anilines is 2. The zero-order valence-corrected chi connectivity index (χ0v) is 10.4. The summed E-state index contributed by atoms with van der Waals surface area (Å²) >= 11 is 0. The summed E-state index contributed by atoms with van der Waals surface area (Å²) in [6.45, 7) is -0.111. The summed E-state index contributed by atoms with van der Waals surface area (Å²) < 4.78 is 54.0. The fourth-order valence-corrected chi connectivity index (χ4v) is 1.71. The summed E-state index contributed by atoms with van der Waals surface area (Å²) in [4.78, 5) is 12.9. The van der Waals surface area contributed by atoms with Crippen molar-refractivity contribution < 1.29 is 22.3 Å². The van der Waals surface area contributed by atoms with E-state index in [1.807, 2.05) is 0 Å². The summed E-state index contributed by atoms with van der Waals surface area (Å²) in [5, 5.41) is 0. The van der Waals surface area contributed by atoms with Crippen molar-refractivity contribution in [2.45, 2.75) is 25.2 Å². The van der Waals surface area contributed by atoms with E-state index in [0.29, 0.717) is 13.1 Å². The van der Waals surface area contributed by atoms with Crippen LogP contribution in [-0.2, 0) is 0 Å². The average Bonchev–Trinajstić information content (AvgIpc) is 2.89. The maximum atomic E-state index is 12.7. The van der Waals surface area contributed by atoms with Crippen LogP contribution in [0.25, 0.3) is 0 Å². The Labute approximate surface area is 112 Å². The topological polar surface area (TPSA) is 77.2 Å². The Hall–Kier alpha value is -1.87. The first kappa shape index (κ1) is 14.5. The van der Waals surface area contributed by atoms with Gasteiger partial charge in [-0.25, -0.2) is 8.78 Å². The molecule has 20 heavy (non-hydrogen) atoms. The zero-order chi connectivity index (χ0) is 14.8. The van der Waals surface area contributed by atoms with Gasteiger partial charge in [0, 0.05) is 13.1 Å². The van der Waals surface area contributed by atoms with E-state index < -0.39 is 25.0 Å². The van der Waals surface area contributed by atoms with Crippen LogP contribution in [0.5, 0.6) is 6.01 Å². The Morgan fingerprint density at radius 1 is 1.20 bits per heavy atom. The lowest BCUT2D eigenvalue weighted by atomic mass is 10.4. The van der Waals surface area contributed by atoms with Gasteiger partial charge in [0.25, 0.3) is 0 Å². The van der Waals surface area contributed by atoms with Gasteiger partial charge in [-0.15, -0.1) is 0 Å². The lowest BCUT2D eigenvalue weighted by Crippen LogP contribution is -2.34. The molecule has 0 aliphatic carbocycles. The summed E-state index contributed by atoms with van der Waals surface area (Å²) in [6, 6.07) is -0.486. The maximum Gasteiger partial charge on any atom is 0.340 e. The highest BCUT2D eigenvalue weighted by molar-refractivity contribution is 5.36. The molecule has 0 aromatic carbocycles. The van der Waals surface area contributed by atoms with Crippen LogP contribution in [0.1, 0.15) is 12.8 Å².